The Labute approximate surface area is 115 Å². The van der Waals surface area contributed by atoms with E-state index in [1.807, 2.05) is 0 Å². The van der Waals surface area contributed by atoms with E-state index in [4.69, 9.17) is 21.4 Å². The number of halogens is 1. The van der Waals surface area contributed by atoms with E-state index in [0.717, 1.165) is 0 Å². The van der Waals surface area contributed by atoms with Gasteiger partial charge in [-0.15, -0.1) is 0 Å². The van der Waals surface area contributed by atoms with Gasteiger partial charge in [0.1, 0.15) is 24.4 Å². The van der Waals surface area contributed by atoms with Gasteiger partial charge < -0.3 is 30.5 Å². The molecular weight excluding hydrogens is 274 g/mol. The molecule has 0 spiro atoms. The summed E-state index contributed by atoms with van der Waals surface area (Å²) in [6, 6.07) is 6.73. The molecule has 0 bridgehead atoms. The van der Waals surface area contributed by atoms with Crippen LogP contribution in [0.15, 0.2) is 24.3 Å². The number of aliphatic hydroxyl groups is 4. The molecule has 1 saturated heterocycles. The number of nitrogens with one attached hydrogen (secondary N) is 1. The highest BCUT2D eigenvalue weighted by atomic mass is 35.5. The highest BCUT2D eigenvalue weighted by Crippen LogP contribution is 2.25. The average Bonchev–Trinajstić information content (AvgIpc) is 2.69. The van der Waals surface area contributed by atoms with Crippen molar-refractivity contribution in [3.8, 4) is 0 Å². The van der Waals surface area contributed by atoms with Crippen LogP contribution in [0.5, 0.6) is 0 Å². The Morgan fingerprint density at radius 1 is 1.21 bits per heavy atom. The van der Waals surface area contributed by atoms with E-state index in [9.17, 15) is 15.3 Å². The van der Waals surface area contributed by atoms with Gasteiger partial charge in [-0.3, -0.25) is 0 Å². The first-order valence-electron chi connectivity index (χ1n) is 5.85. The maximum absolute atomic E-state index is 9.83. The Bertz CT molecular complexity index is 415. The molecule has 19 heavy (non-hydrogen) atoms. The zero-order valence-corrected chi connectivity index (χ0v) is 10.7. The van der Waals surface area contributed by atoms with Crippen LogP contribution in [0.4, 0.5) is 5.69 Å². The van der Waals surface area contributed by atoms with Gasteiger partial charge >= 0.3 is 0 Å². The molecule has 5 N–H and O–H groups in total. The number of aliphatic hydroxyl groups excluding tert-OH is 4. The maximum atomic E-state index is 9.83. The maximum Gasteiger partial charge on any atom is 0.157 e. The first kappa shape index (κ1) is 14.5. The summed E-state index contributed by atoms with van der Waals surface area (Å²) in [6.07, 6.45) is -5.64. The Kier molecular flexibility index (Phi) is 4.62. The summed E-state index contributed by atoms with van der Waals surface area (Å²) in [4.78, 5) is 0. The Morgan fingerprint density at radius 3 is 2.42 bits per heavy atom. The van der Waals surface area contributed by atoms with Gasteiger partial charge in [-0.1, -0.05) is 11.6 Å². The molecule has 0 unspecified atom stereocenters. The molecule has 1 aliphatic rings. The Balaban J connectivity index is 2.03. The van der Waals surface area contributed by atoms with Crippen LogP contribution in [-0.4, -0.2) is 57.7 Å². The summed E-state index contributed by atoms with van der Waals surface area (Å²) >= 11 is 5.75. The molecule has 1 aromatic carbocycles. The third kappa shape index (κ3) is 3.17. The quantitative estimate of drug-likeness (QED) is 0.515. The highest BCUT2D eigenvalue weighted by molar-refractivity contribution is 6.30. The van der Waals surface area contributed by atoms with E-state index in [1.165, 1.54) is 0 Å². The second-order valence-corrected chi connectivity index (χ2v) is 4.84. The van der Waals surface area contributed by atoms with E-state index in [2.05, 4.69) is 5.32 Å². The normalized spacial score (nSPS) is 32.3. The Morgan fingerprint density at radius 2 is 1.84 bits per heavy atom. The third-order valence-corrected chi connectivity index (χ3v) is 3.27. The lowest BCUT2D eigenvalue weighted by Crippen LogP contribution is -2.40. The fraction of sp³-hybridized carbons (Fsp3) is 0.500. The van der Waals surface area contributed by atoms with Gasteiger partial charge in [0, 0.05) is 10.7 Å². The van der Waals surface area contributed by atoms with Gasteiger partial charge in [0.2, 0.25) is 0 Å². The van der Waals surface area contributed by atoms with Crippen molar-refractivity contribution in [1.82, 2.24) is 0 Å². The minimum atomic E-state index is -1.27. The van der Waals surface area contributed by atoms with Gasteiger partial charge in [0.25, 0.3) is 0 Å². The summed E-state index contributed by atoms with van der Waals surface area (Å²) in [5.74, 6) is 0. The standard InChI is InChI=1S/C12H16ClNO5/c13-6-1-3-7(4-2-6)14-12-10(18)9(17)11(19-12)8(16)5-15/h1-4,8-12,14-18H,5H2/t8-,9+,10+,11+,12+/m1/s1. The monoisotopic (exact) mass is 289 g/mol. The van der Waals surface area contributed by atoms with Crippen LogP contribution in [0.2, 0.25) is 5.02 Å². The molecule has 0 aliphatic carbocycles. The van der Waals surface area contributed by atoms with E-state index >= 15 is 0 Å². The molecule has 7 heteroatoms. The van der Waals surface area contributed by atoms with Gasteiger partial charge in [-0.25, -0.2) is 0 Å². The number of ether oxygens (including phenoxy) is 1. The van der Waals surface area contributed by atoms with Crippen molar-refractivity contribution in [1.29, 1.82) is 0 Å². The van der Waals surface area contributed by atoms with Crippen molar-refractivity contribution in [3.05, 3.63) is 29.3 Å². The second kappa shape index (κ2) is 6.04. The topological polar surface area (TPSA) is 102 Å². The van der Waals surface area contributed by atoms with Gasteiger partial charge in [-0.2, -0.15) is 0 Å². The van der Waals surface area contributed by atoms with E-state index in [1.54, 1.807) is 24.3 Å². The van der Waals surface area contributed by atoms with Crippen LogP contribution < -0.4 is 5.32 Å². The van der Waals surface area contributed by atoms with Crippen LogP contribution in [-0.2, 0) is 4.74 Å². The van der Waals surface area contributed by atoms with E-state index in [0.29, 0.717) is 10.7 Å². The molecule has 1 heterocycles. The van der Waals surface area contributed by atoms with Gasteiger partial charge in [-0.05, 0) is 24.3 Å². The summed E-state index contributed by atoms with van der Waals surface area (Å²) in [7, 11) is 0. The predicted octanol–water partition coefficient (Wildman–Crippen LogP) is -0.448. The molecule has 1 aliphatic heterocycles. The van der Waals surface area contributed by atoms with Crippen LogP contribution in [0, 0.1) is 0 Å². The zero-order chi connectivity index (χ0) is 14.0. The van der Waals surface area contributed by atoms with Crippen molar-refractivity contribution < 1.29 is 25.2 Å². The number of hydrogen-bond donors (Lipinski definition) is 5. The lowest BCUT2D eigenvalue weighted by atomic mass is 10.1. The SMILES string of the molecule is OC[C@@H](O)[C@@H]1O[C@H](Nc2ccc(Cl)cc2)[C@@H](O)[C@@H]1O. The predicted molar refractivity (Wildman–Crippen MR) is 68.8 cm³/mol. The molecule has 6 nitrogen and oxygen atoms in total. The van der Waals surface area contributed by atoms with Crippen LogP contribution in [0.3, 0.4) is 0 Å². The molecule has 0 radical (unpaired) electrons. The summed E-state index contributed by atoms with van der Waals surface area (Å²) < 4.78 is 5.32. The van der Waals surface area contributed by atoms with Crippen molar-refractivity contribution in [2.75, 3.05) is 11.9 Å². The lowest BCUT2D eigenvalue weighted by Gasteiger charge is -2.19. The van der Waals surface area contributed by atoms with Crippen molar-refractivity contribution >= 4 is 17.3 Å². The van der Waals surface area contributed by atoms with Gasteiger partial charge in [0.15, 0.2) is 6.23 Å². The molecule has 0 saturated carbocycles. The van der Waals surface area contributed by atoms with Crippen LogP contribution >= 0.6 is 11.6 Å². The minimum Gasteiger partial charge on any atom is -0.394 e. The highest BCUT2D eigenvalue weighted by Gasteiger charge is 2.45. The molecule has 106 valence electrons. The van der Waals surface area contributed by atoms with E-state index < -0.39 is 37.3 Å². The average molecular weight is 290 g/mol. The van der Waals surface area contributed by atoms with Crippen LogP contribution in [0.1, 0.15) is 0 Å². The molecule has 0 amide bonds. The third-order valence-electron chi connectivity index (χ3n) is 3.02. The fourth-order valence-electron chi connectivity index (χ4n) is 1.96. The largest absolute Gasteiger partial charge is 0.394 e. The molecular formula is C12H16ClNO5. The summed E-state index contributed by atoms with van der Waals surface area (Å²) in [5, 5.41) is 41.3. The number of anilines is 1. The van der Waals surface area contributed by atoms with E-state index in [-0.39, 0.29) is 0 Å². The number of hydrogen-bond acceptors (Lipinski definition) is 6. The first-order chi connectivity index (χ1) is 9.02. The lowest BCUT2D eigenvalue weighted by molar-refractivity contribution is -0.0774. The van der Waals surface area contributed by atoms with Crippen LogP contribution in [0.25, 0.3) is 0 Å². The summed E-state index contributed by atoms with van der Waals surface area (Å²) in [5.41, 5.74) is 0.653. The van der Waals surface area contributed by atoms with Crippen molar-refractivity contribution in [2.24, 2.45) is 0 Å². The first-order valence-corrected chi connectivity index (χ1v) is 6.23. The zero-order valence-electron chi connectivity index (χ0n) is 9.98. The summed E-state index contributed by atoms with van der Waals surface area (Å²) in [6.45, 7) is -0.553. The van der Waals surface area contributed by atoms with Crippen molar-refractivity contribution in [2.45, 2.75) is 30.6 Å². The smallest absolute Gasteiger partial charge is 0.157 e. The molecule has 5 atom stereocenters. The molecule has 0 aromatic heterocycles. The Hall–Kier alpha value is -0.890. The van der Waals surface area contributed by atoms with Gasteiger partial charge in [0.05, 0.1) is 6.61 Å². The number of benzene rings is 1. The number of rotatable bonds is 4. The fourth-order valence-corrected chi connectivity index (χ4v) is 2.08. The minimum absolute atomic E-state index is 0.553. The molecule has 2 rings (SSSR count). The molecule has 1 fully saturated rings. The molecule has 1 aromatic rings. The van der Waals surface area contributed by atoms with Crippen molar-refractivity contribution in [3.63, 3.8) is 0 Å². The second-order valence-electron chi connectivity index (χ2n) is 4.40.